The summed E-state index contributed by atoms with van der Waals surface area (Å²) in [5, 5.41) is 23.2. The molecular formula is C14H13FN2OS. The van der Waals surface area contributed by atoms with Gasteiger partial charge >= 0.3 is 0 Å². The second-order valence-electron chi connectivity index (χ2n) is 4.00. The van der Waals surface area contributed by atoms with Crippen molar-refractivity contribution >= 4 is 17.0 Å². The van der Waals surface area contributed by atoms with Gasteiger partial charge in [0.25, 0.3) is 0 Å². The van der Waals surface area contributed by atoms with Crippen LogP contribution in [0.15, 0.2) is 35.7 Å². The average Bonchev–Trinajstić information content (AvgIpc) is 2.92. The third kappa shape index (κ3) is 3.11. The normalized spacial score (nSPS) is 11.8. The number of nitrogens with zero attached hydrogens (tertiary/aromatic N) is 1. The number of rotatable bonds is 5. The molecule has 19 heavy (non-hydrogen) atoms. The molecule has 2 N–H and O–H groups in total. The van der Waals surface area contributed by atoms with Gasteiger partial charge in [-0.15, -0.1) is 11.3 Å². The molecule has 0 radical (unpaired) electrons. The van der Waals surface area contributed by atoms with Crippen molar-refractivity contribution in [2.45, 2.75) is 12.5 Å². The van der Waals surface area contributed by atoms with Crippen LogP contribution in [0, 0.1) is 17.1 Å². The molecule has 1 heterocycles. The van der Waals surface area contributed by atoms with E-state index in [0.29, 0.717) is 12.1 Å². The van der Waals surface area contributed by atoms with Crippen molar-refractivity contribution in [1.29, 1.82) is 5.26 Å². The van der Waals surface area contributed by atoms with E-state index in [1.165, 1.54) is 6.07 Å². The number of benzene rings is 1. The number of hydrogen-bond donors (Lipinski definition) is 2. The average molecular weight is 276 g/mol. The summed E-state index contributed by atoms with van der Waals surface area (Å²) >= 11 is 1.56. The summed E-state index contributed by atoms with van der Waals surface area (Å²) in [6.45, 7) is 0.0206. The summed E-state index contributed by atoms with van der Waals surface area (Å²) in [6, 6.07) is 10.1. The first kappa shape index (κ1) is 13.5. The Morgan fingerprint density at radius 1 is 1.37 bits per heavy atom. The topological polar surface area (TPSA) is 56.0 Å². The van der Waals surface area contributed by atoms with Crippen LogP contribution in [0.2, 0.25) is 0 Å². The van der Waals surface area contributed by atoms with Crippen LogP contribution in [-0.2, 0) is 0 Å². The predicted molar refractivity (Wildman–Crippen MR) is 73.5 cm³/mol. The number of hydrogen-bond acceptors (Lipinski definition) is 4. The maximum Gasteiger partial charge on any atom is 0.143 e. The van der Waals surface area contributed by atoms with Gasteiger partial charge in [0.2, 0.25) is 0 Å². The third-order valence-corrected chi connectivity index (χ3v) is 3.75. The van der Waals surface area contributed by atoms with E-state index in [9.17, 15) is 4.39 Å². The van der Waals surface area contributed by atoms with Crippen LogP contribution in [0.3, 0.4) is 0 Å². The van der Waals surface area contributed by atoms with Crippen molar-refractivity contribution in [1.82, 2.24) is 0 Å². The summed E-state index contributed by atoms with van der Waals surface area (Å²) in [6.07, 6.45) is 0.502. The fraction of sp³-hybridized carbons (Fsp3) is 0.214. The van der Waals surface area contributed by atoms with E-state index in [1.54, 1.807) is 23.5 Å². The lowest BCUT2D eigenvalue weighted by Gasteiger charge is -2.18. The Labute approximate surface area is 114 Å². The molecule has 2 aromatic rings. The molecule has 1 atom stereocenters. The van der Waals surface area contributed by atoms with E-state index in [-0.39, 0.29) is 18.2 Å². The molecular weight excluding hydrogens is 263 g/mol. The molecule has 0 bridgehead atoms. The van der Waals surface area contributed by atoms with E-state index in [4.69, 9.17) is 10.4 Å². The summed E-state index contributed by atoms with van der Waals surface area (Å²) in [5.41, 5.74) is 0.455. The number of halogens is 1. The number of anilines is 1. The quantitative estimate of drug-likeness (QED) is 0.881. The molecule has 0 amide bonds. The predicted octanol–water partition coefficient (Wildman–Crippen LogP) is 3.29. The van der Waals surface area contributed by atoms with Crippen molar-refractivity contribution in [2.75, 3.05) is 11.9 Å². The Hall–Kier alpha value is -1.90. The van der Waals surface area contributed by atoms with Gasteiger partial charge in [0, 0.05) is 11.5 Å². The van der Waals surface area contributed by atoms with Gasteiger partial charge in [-0.25, -0.2) is 4.39 Å². The SMILES string of the molecule is N#Cc1c(F)cccc1N[C@@H](CCO)c1cccs1. The lowest BCUT2D eigenvalue weighted by Crippen LogP contribution is -2.12. The van der Waals surface area contributed by atoms with Gasteiger partial charge in [-0.1, -0.05) is 12.1 Å². The molecule has 0 saturated carbocycles. The van der Waals surface area contributed by atoms with E-state index >= 15 is 0 Å². The van der Waals surface area contributed by atoms with Crippen LogP contribution < -0.4 is 5.32 Å². The third-order valence-electron chi connectivity index (χ3n) is 2.76. The molecule has 1 aromatic carbocycles. The molecule has 0 fully saturated rings. The van der Waals surface area contributed by atoms with Crippen LogP contribution in [0.25, 0.3) is 0 Å². The van der Waals surface area contributed by atoms with Crippen LogP contribution in [0.1, 0.15) is 22.9 Å². The zero-order valence-electron chi connectivity index (χ0n) is 10.1. The number of aliphatic hydroxyl groups excluding tert-OH is 1. The summed E-state index contributed by atoms with van der Waals surface area (Å²) in [7, 11) is 0. The van der Waals surface area contributed by atoms with Crippen LogP contribution in [0.4, 0.5) is 10.1 Å². The monoisotopic (exact) mass is 276 g/mol. The fourth-order valence-corrected chi connectivity index (χ4v) is 2.66. The molecule has 0 aliphatic rings. The van der Waals surface area contributed by atoms with E-state index in [1.807, 2.05) is 23.6 Å². The summed E-state index contributed by atoms with van der Waals surface area (Å²) in [4.78, 5) is 1.04. The number of thiophene rings is 1. The molecule has 3 nitrogen and oxygen atoms in total. The van der Waals surface area contributed by atoms with Gasteiger partial charge in [0.05, 0.1) is 11.7 Å². The minimum atomic E-state index is -0.540. The molecule has 0 aliphatic carbocycles. The van der Waals surface area contributed by atoms with Crippen LogP contribution in [-0.4, -0.2) is 11.7 Å². The zero-order chi connectivity index (χ0) is 13.7. The van der Waals surface area contributed by atoms with Crippen molar-refractivity contribution in [3.05, 3.63) is 52.0 Å². The molecule has 5 heteroatoms. The Bertz CT molecular complexity index is 578. The minimum Gasteiger partial charge on any atom is -0.396 e. The van der Waals surface area contributed by atoms with E-state index in [0.717, 1.165) is 4.88 Å². The minimum absolute atomic E-state index is 0.00185. The molecule has 0 spiro atoms. The molecule has 1 aromatic heterocycles. The molecule has 0 saturated heterocycles. The van der Waals surface area contributed by atoms with Gasteiger partial charge in [0.1, 0.15) is 17.4 Å². The second-order valence-corrected chi connectivity index (χ2v) is 4.98. The summed E-state index contributed by atoms with van der Waals surface area (Å²) in [5.74, 6) is -0.540. The first-order chi connectivity index (χ1) is 9.26. The zero-order valence-corrected chi connectivity index (χ0v) is 11.0. The fourth-order valence-electron chi connectivity index (χ4n) is 1.85. The second kappa shape index (κ2) is 6.32. The molecule has 0 unspecified atom stereocenters. The first-order valence-corrected chi connectivity index (χ1v) is 6.73. The van der Waals surface area contributed by atoms with Crippen LogP contribution in [0.5, 0.6) is 0 Å². The summed E-state index contributed by atoms with van der Waals surface area (Å²) < 4.78 is 13.5. The Balaban J connectivity index is 2.28. The highest BCUT2D eigenvalue weighted by molar-refractivity contribution is 7.10. The van der Waals surface area contributed by atoms with Crippen molar-refractivity contribution < 1.29 is 9.50 Å². The van der Waals surface area contributed by atoms with Crippen molar-refractivity contribution in [2.24, 2.45) is 0 Å². The largest absolute Gasteiger partial charge is 0.396 e. The number of nitrogens with one attached hydrogen (secondary N) is 1. The Morgan fingerprint density at radius 3 is 2.84 bits per heavy atom. The van der Waals surface area contributed by atoms with Crippen molar-refractivity contribution in [3.8, 4) is 6.07 Å². The molecule has 0 aliphatic heterocycles. The highest BCUT2D eigenvalue weighted by Gasteiger charge is 2.15. The van der Waals surface area contributed by atoms with Gasteiger partial charge in [-0.2, -0.15) is 5.26 Å². The van der Waals surface area contributed by atoms with Crippen LogP contribution >= 0.6 is 11.3 Å². The van der Waals surface area contributed by atoms with Crippen molar-refractivity contribution in [3.63, 3.8) is 0 Å². The first-order valence-electron chi connectivity index (χ1n) is 5.85. The Kier molecular flexibility index (Phi) is 4.50. The number of aliphatic hydroxyl groups is 1. The van der Waals surface area contributed by atoms with Gasteiger partial charge < -0.3 is 10.4 Å². The molecule has 2 rings (SSSR count). The van der Waals surface area contributed by atoms with Gasteiger partial charge in [-0.3, -0.25) is 0 Å². The lowest BCUT2D eigenvalue weighted by atomic mass is 10.1. The van der Waals surface area contributed by atoms with Gasteiger partial charge in [-0.05, 0) is 30.0 Å². The molecule has 98 valence electrons. The highest BCUT2D eigenvalue weighted by atomic mass is 32.1. The standard InChI is InChI=1S/C14H13FN2OS/c15-11-3-1-4-12(10(11)9-16)17-13(6-7-18)14-5-2-8-19-14/h1-5,8,13,17-18H,6-7H2/t13-/m0/s1. The smallest absolute Gasteiger partial charge is 0.143 e. The maximum atomic E-state index is 13.5. The lowest BCUT2D eigenvalue weighted by molar-refractivity contribution is 0.280. The van der Waals surface area contributed by atoms with E-state index in [2.05, 4.69) is 5.32 Å². The van der Waals surface area contributed by atoms with Gasteiger partial charge in [0.15, 0.2) is 0 Å². The Morgan fingerprint density at radius 2 is 2.21 bits per heavy atom. The highest BCUT2D eigenvalue weighted by Crippen LogP contribution is 2.28. The number of nitriles is 1. The van der Waals surface area contributed by atoms with E-state index < -0.39 is 5.82 Å². The maximum absolute atomic E-state index is 13.5.